The van der Waals surface area contributed by atoms with Crippen molar-refractivity contribution in [3.8, 4) is 0 Å². The molecule has 0 bridgehead atoms. The Labute approximate surface area is 177 Å². The Kier molecular flexibility index (Phi) is 4.76. The minimum atomic E-state index is -0.00147. The summed E-state index contributed by atoms with van der Waals surface area (Å²) in [7, 11) is 1.92. The van der Waals surface area contributed by atoms with Crippen LogP contribution in [-0.2, 0) is 7.05 Å². The summed E-state index contributed by atoms with van der Waals surface area (Å²) in [4.78, 5) is 22.6. The van der Waals surface area contributed by atoms with Crippen LogP contribution in [0.25, 0.3) is 5.65 Å². The van der Waals surface area contributed by atoms with Crippen molar-refractivity contribution in [1.82, 2.24) is 24.1 Å². The number of amides is 1. The van der Waals surface area contributed by atoms with E-state index in [2.05, 4.69) is 31.0 Å². The molecule has 0 saturated carbocycles. The van der Waals surface area contributed by atoms with Gasteiger partial charge in [0.15, 0.2) is 5.65 Å². The zero-order valence-corrected chi connectivity index (χ0v) is 18.1. The van der Waals surface area contributed by atoms with Crippen LogP contribution < -0.4 is 4.90 Å². The lowest BCUT2D eigenvalue weighted by molar-refractivity contribution is 0.0596. The van der Waals surface area contributed by atoms with Gasteiger partial charge in [0.2, 0.25) is 0 Å². The van der Waals surface area contributed by atoms with E-state index in [9.17, 15) is 4.79 Å². The summed E-state index contributed by atoms with van der Waals surface area (Å²) in [5.74, 6) is 1.86. The van der Waals surface area contributed by atoms with Crippen molar-refractivity contribution in [2.45, 2.75) is 45.6 Å². The van der Waals surface area contributed by atoms with E-state index in [1.807, 2.05) is 39.4 Å². The average molecular weight is 407 g/mol. The zero-order valence-electron chi connectivity index (χ0n) is 18.1. The molecular formula is C23H30N6O. The maximum Gasteiger partial charge on any atom is 0.271 e. The molecule has 0 spiro atoms. The minimum absolute atomic E-state index is 0.00147. The topological polar surface area (TPSA) is 58.7 Å². The number of fused-ring (bicyclic) bond motifs is 1. The van der Waals surface area contributed by atoms with Gasteiger partial charge in [-0.25, -0.2) is 9.50 Å². The van der Waals surface area contributed by atoms with Crippen molar-refractivity contribution in [3.63, 3.8) is 0 Å². The molecule has 2 fully saturated rings. The number of hydrogen-bond acceptors (Lipinski definition) is 4. The number of rotatable bonds is 3. The second-order valence-corrected chi connectivity index (χ2v) is 8.97. The smallest absolute Gasteiger partial charge is 0.271 e. The first-order chi connectivity index (χ1) is 14.5. The normalized spacial score (nSPS) is 22.2. The van der Waals surface area contributed by atoms with Crippen LogP contribution in [0, 0.1) is 12.8 Å². The number of carbonyl (C=O) groups excluding carboxylic acids is 1. The molecule has 30 heavy (non-hydrogen) atoms. The number of aromatic nitrogens is 4. The van der Waals surface area contributed by atoms with Crippen LogP contribution in [0.2, 0.25) is 0 Å². The lowest BCUT2D eigenvalue weighted by atomic mass is 9.99. The summed E-state index contributed by atoms with van der Waals surface area (Å²) in [5, 5.41) is 4.85. The molecule has 158 valence electrons. The van der Waals surface area contributed by atoms with E-state index in [4.69, 9.17) is 10.1 Å². The molecule has 0 aliphatic carbocycles. The van der Waals surface area contributed by atoms with Gasteiger partial charge in [-0.3, -0.25) is 4.79 Å². The Bertz CT molecular complexity index is 1080. The first-order valence-corrected chi connectivity index (χ1v) is 11.1. The summed E-state index contributed by atoms with van der Waals surface area (Å²) in [6.07, 6.45) is 8.30. The summed E-state index contributed by atoms with van der Waals surface area (Å²) >= 11 is 0. The van der Waals surface area contributed by atoms with Gasteiger partial charge >= 0.3 is 0 Å². The largest absolute Gasteiger partial charge is 0.356 e. The van der Waals surface area contributed by atoms with Gasteiger partial charge in [0.1, 0.15) is 11.5 Å². The van der Waals surface area contributed by atoms with E-state index >= 15 is 0 Å². The maximum absolute atomic E-state index is 13.2. The van der Waals surface area contributed by atoms with E-state index < -0.39 is 0 Å². The fourth-order valence-corrected chi connectivity index (χ4v) is 4.94. The quantitative estimate of drug-likeness (QED) is 0.667. The third kappa shape index (κ3) is 3.26. The molecule has 3 aromatic rings. The lowest BCUT2D eigenvalue weighted by Gasteiger charge is -2.34. The number of hydrogen-bond donors (Lipinski definition) is 0. The first-order valence-electron chi connectivity index (χ1n) is 11.1. The Hall–Kier alpha value is -2.83. The van der Waals surface area contributed by atoms with E-state index in [-0.39, 0.29) is 11.9 Å². The van der Waals surface area contributed by atoms with Gasteiger partial charge in [-0.15, -0.1) is 0 Å². The van der Waals surface area contributed by atoms with Crippen LogP contribution in [-0.4, -0.2) is 49.6 Å². The van der Waals surface area contributed by atoms with Gasteiger partial charge in [0, 0.05) is 50.7 Å². The number of anilines is 1. The van der Waals surface area contributed by atoms with Gasteiger partial charge in [-0.1, -0.05) is 6.92 Å². The highest BCUT2D eigenvalue weighted by Crippen LogP contribution is 2.33. The fraction of sp³-hybridized carbons (Fsp3) is 0.522. The standard InChI is InChI=1S/C23H30N6O/c1-16-9-12-27(14-16)22-17(2)15-29-21(24-22)13-18(25-29)19-7-4-5-11-28(19)23(30)20-8-6-10-26(20)3/h6,8,10,13,15-16,19H,4-5,7,9,11-12,14H2,1-3H3/t16-,19-/m0/s1. The third-order valence-corrected chi connectivity index (χ3v) is 6.62. The highest BCUT2D eigenvalue weighted by Gasteiger charge is 2.32. The molecule has 7 heteroatoms. The van der Waals surface area contributed by atoms with E-state index in [1.165, 1.54) is 6.42 Å². The van der Waals surface area contributed by atoms with Crippen LogP contribution in [0.1, 0.15) is 60.4 Å². The SMILES string of the molecule is Cc1cn2nc([C@@H]3CCCCN3C(=O)c3cccn3C)cc2nc1N1CC[C@H](C)C1. The molecule has 1 amide bonds. The van der Waals surface area contributed by atoms with Crippen molar-refractivity contribution in [1.29, 1.82) is 0 Å². The molecule has 2 aliphatic heterocycles. The molecule has 0 unspecified atom stereocenters. The molecule has 2 saturated heterocycles. The summed E-state index contributed by atoms with van der Waals surface area (Å²) in [6.45, 7) is 7.30. The molecule has 5 heterocycles. The Morgan fingerprint density at radius 2 is 2.07 bits per heavy atom. The second-order valence-electron chi connectivity index (χ2n) is 8.97. The molecule has 0 radical (unpaired) electrons. The van der Waals surface area contributed by atoms with Gasteiger partial charge in [-0.05, 0) is 50.7 Å². The van der Waals surface area contributed by atoms with Crippen LogP contribution in [0.5, 0.6) is 0 Å². The fourth-order valence-electron chi connectivity index (χ4n) is 4.94. The molecule has 7 nitrogen and oxygen atoms in total. The maximum atomic E-state index is 13.2. The van der Waals surface area contributed by atoms with Crippen LogP contribution >= 0.6 is 0 Å². The van der Waals surface area contributed by atoms with Gasteiger partial charge in [0.25, 0.3) is 5.91 Å². The highest BCUT2D eigenvalue weighted by molar-refractivity contribution is 5.93. The predicted octanol–water partition coefficient (Wildman–Crippen LogP) is 3.59. The van der Waals surface area contributed by atoms with Crippen molar-refractivity contribution in [3.05, 3.63) is 47.5 Å². The van der Waals surface area contributed by atoms with E-state index in [0.717, 1.165) is 67.3 Å². The molecular weight excluding hydrogens is 376 g/mol. The Balaban J connectivity index is 1.48. The summed E-state index contributed by atoms with van der Waals surface area (Å²) in [6, 6.07) is 5.89. The molecule has 2 atom stereocenters. The average Bonchev–Trinajstić information content (AvgIpc) is 3.46. The first kappa shape index (κ1) is 19.2. The summed E-state index contributed by atoms with van der Waals surface area (Å²) < 4.78 is 3.78. The third-order valence-electron chi connectivity index (χ3n) is 6.62. The number of piperidine rings is 1. The van der Waals surface area contributed by atoms with Crippen LogP contribution in [0.4, 0.5) is 5.82 Å². The van der Waals surface area contributed by atoms with Crippen molar-refractivity contribution >= 4 is 17.4 Å². The van der Waals surface area contributed by atoms with Crippen molar-refractivity contribution in [2.24, 2.45) is 13.0 Å². The summed E-state index contributed by atoms with van der Waals surface area (Å²) in [5.41, 5.74) is 3.68. The van der Waals surface area contributed by atoms with Crippen molar-refractivity contribution in [2.75, 3.05) is 24.5 Å². The molecule has 2 aliphatic rings. The Morgan fingerprint density at radius 1 is 1.20 bits per heavy atom. The monoisotopic (exact) mass is 406 g/mol. The molecule has 0 aromatic carbocycles. The van der Waals surface area contributed by atoms with Crippen LogP contribution in [0.15, 0.2) is 30.6 Å². The van der Waals surface area contributed by atoms with Crippen molar-refractivity contribution < 1.29 is 4.79 Å². The number of nitrogens with zero attached hydrogens (tertiary/aromatic N) is 6. The minimum Gasteiger partial charge on any atom is -0.356 e. The van der Waals surface area contributed by atoms with E-state index in [1.54, 1.807) is 0 Å². The second kappa shape index (κ2) is 7.45. The Morgan fingerprint density at radius 3 is 2.80 bits per heavy atom. The van der Waals surface area contributed by atoms with E-state index in [0.29, 0.717) is 5.92 Å². The number of carbonyl (C=O) groups is 1. The number of likely N-dealkylation sites (tertiary alicyclic amines) is 1. The molecule has 5 rings (SSSR count). The zero-order chi connectivity index (χ0) is 20.8. The predicted molar refractivity (Wildman–Crippen MR) is 117 cm³/mol. The molecule has 0 N–H and O–H groups in total. The van der Waals surface area contributed by atoms with Gasteiger partial charge in [-0.2, -0.15) is 5.10 Å². The van der Waals surface area contributed by atoms with Crippen LogP contribution in [0.3, 0.4) is 0 Å². The van der Waals surface area contributed by atoms with Gasteiger partial charge < -0.3 is 14.4 Å². The van der Waals surface area contributed by atoms with Gasteiger partial charge in [0.05, 0.1) is 11.7 Å². The molecule has 3 aromatic heterocycles. The number of aryl methyl sites for hydroxylation is 2. The lowest BCUT2D eigenvalue weighted by Crippen LogP contribution is -2.39. The highest BCUT2D eigenvalue weighted by atomic mass is 16.2.